The molecule has 0 spiro atoms. The number of hydrazone groups is 1. The Morgan fingerprint density at radius 2 is 2.16 bits per heavy atom. The number of phenolic OH excluding ortho intramolecular Hbond substituents is 1. The van der Waals surface area contributed by atoms with Gasteiger partial charge in [-0.1, -0.05) is 11.6 Å². The average Bonchev–Trinajstić information content (AvgIpc) is 2.40. The van der Waals surface area contributed by atoms with Crippen molar-refractivity contribution in [1.82, 2.24) is 5.01 Å². The molecule has 2 rings (SSSR count). The third-order valence-electron chi connectivity index (χ3n) is 2.63. The Kier molecular flexibility index (Phi) is 4.18. The van der Waals surface area contributed by atoms with Crippen LogP contribution in [0, 0.1) is 10.1 Å². The topological polar surface area (TPSA) is 88.2 Å². The highest BCUT2D eigenvalue weighted by molar-refractivity contribution is 6.31. The monoisotopic (exact) mass is 285 g/mol. The normalized spacial score (nSPS) is 15.9. The van der Waals surface area contributed by atoms with Crippen molar-refractivity contribution in [2.24, 2.45) is 5.10 Å². The van der Waals surface area contributed by atoms with E-state index < -0.39 is 16.4 Å². The van der Waals surface area contributed by atoms with Crippen molar-refractivity contribution in [3.8, 4) is 5.75 Å². The van der Waals surface area contributed by atoms with E-state index in [-0.39, 0.29) is 10.6 Å². The predicted octanol–water partition coefficient (Wildman–Crippen LogP) is 1.62. The number of nitro benzene ring substituents is 1. The van der Waals surface area contributed by atoms with Gasteiger partial charge >= 0.3 is 5.69 Å². The number of phenols is 1. The summed E-state index contributed by atoms with van der Waals surface area (Å²) in [5.41, 5.74) is -0.221. The molecule has 0 aliphatic carbocycles. The van der Waals surface area contributed by atoms with E-state index in [4.69, 9.17) is 16.3 Å². The minimum Gasteiger partial charge on any atom is -0.502 e. The number of halogens is 1. The van der Waals surface area contributed by atoms with Crippen LogP contribution in [0.2, 0.25) is 5.02 Å². The molecule has 102 valence electrons. The minimum absolute atomic E-state index is 0.174. The van der Waals surface area contributed by atoms with Gasteiger partial charge in [-0.3, -0.25) is 15.1 Å². The van der Waals surface area contributed by atoms with E-state index in [1.807, 2.05) is 0 Å². The molecule has 0 amide bonds. The summed E-state index contributed by atoms with van der Waals surface area (Å²) in [6, 6.07) is 2.52. The second-order valence-corrected chi connectivity index (χ2v) is 4.37. The largest absolute Gasteiger partial charge is 0.502 e. The van der Waals surface area contributed by atoms with E-state index in [1.165, 1.54) is 12.3 Å². The first-order valence-corrected chi connectivity index (χ1v) is 5.99. The molecular formula is C11H12ClN3O4. The van der Waals surface area contributed by atoms with Crippen molar-refractivity contribution in [3.63, 3.8) is 0 Å². The Hall–Kier alpha value is -1.86. The lowest BCUT2D eigenvalue weighted by atomic mass is 10.2. The smallest absolute Gasteiger partial charge is 0.312 e. The molecule has 8 heteroatoms. The van der Waals surface area contributed by atoms with Gasteiger partial charge in [0.05, 0.1) is 37.4 Å². The van der Waals surface area contributed by atoms with E-state index in [0.29, 0.717) is 26.3 Å². The maximum Gasteiger partial charge on any atom is 0.312 e. The number of rotatable bonds is 3. The van der Waals surface area contributed by atoms with Crippen molar-refractivity contribution in [2.75, 3.05) is 26.3 Å². The summed E-state index contributed by atoms with van der Waals surface area (Å²) in [7, 11) is 0. The van der Waals surface area contributed by atoms with Crippen LogP contribution < -0.4 is 0 Å². The Labute approximate surface area is 114 Å². The van der Waals surface area contributed by atoms with Crippen LogP contribution in [0.25, 0.3) is 0 Å². The standard InChI is InChI=1S/C11H12ClN3O4/c12-9-5-8(11(16)10(6-9)15(17)18)7-13-14-1-3-19-4-2-14/h5-7,16H,1-4H2/b13-7+. The van der Waals surface area contributed by atoms with Gasteiger partial charge in [-0.25, -0.2) is 0 Å². The fourth-order valence-electron chi connectivity index (χ4n) is 1.66. The SMILES string of the molecule is O=[N+]([O-])c1cc(Cl)cc(/C=N/N2CCOCC2)c1O. The summed E-state index contributed by atoms with van der Waals surface area (Å²) in [5.74, 6) is -0.439. The number of nitro groups is 1. The Balaban J connectivity index is 2.24. The van der Waals surface area contributed by atoms with Crippen molar-refractivity contribution < 1.29 is 14.8 Å². The molecule has 0 aromatic heterocycles. The number of hydrogen-bond acceptors (Lipinski definition) is 6. The highest BCUT2D eigenvalue weighted by Crippen LogP contribution is 2.32. The molecule has 1 heterocycles. The van der Waals surface area contributed by atoms with Crippen LogP contribution >= 0.6 is 11.6 Å². The number of ether oxygens (including phenoxy) is 1. The predicted molar refractivity (Wildman–Crippen MR) is 69.8 cm³/mol. The molecule has 1 N–H and O–H groups in total. The Bertz CT molecular complexity index is 515. The van der Waals surface area contributed by atoms with Crippen LogP contribution in [-0.4, -0.2) is 47.6 Å². The molecular weight excluding hydrogens is 274 g/mol. The van der Waals surface area contributed by atoms with Crippen molar-refractivity contribution in [3.05, 3.63) is 32.8 Å². The van der Waals surface area contributed by atoms with Crippen LogP contribution in [0.1, 0.15) is 5.56 Å². The van der Waals surface area contributed by atoms with Gasteiger partial charge in [-0.15, -0.1) is 0 Å². The molecule has 1 aromatic carbocycles. The van der Waals surface area contributed by atoms with Gasteiger partial charge < -0.3 is 9.84 Å². The zero-order valence-corrected chi connectivity index (χ0v) is 10.7. The second-order valence-electron chi connectivity index (χ2n) is 3.93. The van der Waals surface area contributed by atoms with E-state index in [1.54, 1.807) is 5.01 Å². The Morgan fingerprint density at radius 1 is 1.47 bits per heavy atom. The molecule has 1 aromatic rings. The highest BCUT2D eigenvalue weighted by Gasteiger charge is 2.18. The lowest BCUT2D eigenvalue weighted by Crippen LogP contribution is -2.32. The van der Waals surface area contributed by atoms with E-state index in [0.717, 1.165) is 6.07 Å². The molecule has 0 unspecified atom stereocenters. The zero-order valence-electron chi connectivity index (χ0n) is 9.95. The van der Waals surface area contributed by atoms with Gasteiger partial charge in [-0.2, -0.15) is 5.10 Å². The molecule has 0 saturated carbocycles. The fourth-order valence-corrected chi connectivity index (χ4v) is 1.88. The van der Waals surface area contributed by atoms with Crippen LogP contribution in [-0.2, 0) is 4.74 Å². The molecule has 7 nitrogen and oxygen atoms in total. The summed E-state index contributed by atoms with van der Waals surface area (Å²) in [5, 5.41) is 26.6. The molecule has 1 aliphatic rings. The summed E-state index contributed by atoms with van der Waals surface area (Å²) in [6.45, 7) is 2.44. The fraction of sp³-hybridized carbons (Fsp3) is 0.364. The van der Waals surface area contributed by atoms with Crippen molar-refractivity contribution in [1.29, 1.82) is 0 Å². The third kappa shape index (κ3) is 3.33. The lowest BCUT2D eigenvalue weighted by Gasteiger charge is -2.23. The molecule has 1 aliphatic heterocycles. The molecule has 0 bridgehead atoms. The quantitative estimate of drug-likeness (QED) is 0.518. The summed E-state index contributed by atoms with van der Waals surface area (Å²) >= 11 is 5.78. The minimum atomic E-state index is -0.687. The maximum absolute atomic E-state index is 10.7. The first kappa shape index (κ1) is 13.6. The molecule has 0 radical (unpaired) electrons. The number of hydrogen-bond donors (Lipinski definition) is 1. The van der Waals surface area contributed by atoms with E-state index in [9.17, 15) is 15.2 Å². The van der Waals surface area contributed by atoms with Gasteiger partial charge in [0.15, 0.2) is 0 Å². The molecule has 1 fully saturated rings. The van der Waals surface area contributed by atoms with Gasteiger partial charge in [0.25, 0.3) is 0 Å². The third-order valence-corrected chi connectivity index (χ3v) is 2.85. The maximum atomic E-state index is 10.7. The average molecular weight is 286 g/mol. The van der Waals surface area contributed by atoms with Crippen LogP contribution in [0.3, 0.4) is 0 Å². The highest BCUT2D eigenvalue weighted by atomic mass is 35.5. The summed E-state index contributed by atoms with van der Waals surface area (Å²) in [6.07, 6.45) is 1.36. The van der Waals surface area contributed by atoms with E-state index in [2.05, 4.69) is 5.10 Å². The summed E-state index contributed by atoms with van der Waals surface area (Å²) < 4.78 is 5.17. The Morgan fingerprint density at radius 3 is 2.79 bits per heavy atom. The first-order chi connectivity index (χ1) is 9.08. The van der Waals surface area contributed by atoms with Gasteiger partial charge in [0.1, 0.15) is 0 Å². The van der Waals surface area contributed by atoms with Gasteiger partial charge in [0, 0.05) is 16.7 Å². The van der Waals surface area contributed by atoms with Crippen LogP contribution in [0.5, 0.6) is 5.75 Å². The van der Waals surface area contributed by atoms with Crippen molar-refractivity contribution >= 4 is 23.5 Å². The number of benzene rings is 1. The van der Waals surface area contributed by atoms with E-state index >= 15 is 0 Å². The van der Waals surface area contributed by atoms with Crippen LogP contribution in [0.15, 0.2) is 17.2 Å². The van der Waals surface area contributed by atoms with Gasteiger partial charge in [-0.05, 0) is 6.07 Å². The number of nitrogens with zero attached hydrogens (tertiary/aromatic N) is 3. The molecule has 0 atom stereocenters. The number of aromatic hydroxyl groups is 1. The summed E-state index contributed by atoms with van der Waals surface area (Å²) in [4.78, 5) is 10.1. The molecule has 1 saturated heterocycles. The number of morpholine rings is 1. The molecule has 19 heavy (non-hydrogen) atoms. The lowest BCUT2D eigenvalue weighted by molar-refractivity contribution is -0.385. The van der Waals surface area contributed by atoms with Crippen molar-refractivity contribution in [2.45, 2.75) is 0 Å². The van der Waals surface area contributed by atoms with Crippen LogP contribution in [0.4, 0.5) is 5.69 Å². The first-order valence-electron chi connectivity index (χ1n) is 5.61. The zero-order chi connectivity index (χ0) is 13.8. The van der Waals surface area contributed by atoms with Gasteiger partial charge in [0.2, 0.25) is 5.75 Å². The second kappa shape index (κ2) is 5.85.